The summed E-state index contributed by atoms with van der Waals surface area (Å²) in [7, 11) is 0.349. The Balaban J connectivity index is 3.28. The second-order valence-electron chi connectivity index (χ2n) is 3.97. The number of methoxy groups -OCH3 is 1. The van der Waals surface area contributed by atoms with Gasteiger partial charge in [0, 0.05) is 8.07 Å². The van der Waals surface area contributed by atoms with E-state index in [1.807, 2.05) is 0 Å². The van der Waals surface area contributed by atoms with E-state index >= 15 is 0 Å². The molecule has 0 aromatic heterocycles. The minimum absolute atomic E-state index is 0.483. The van der Waals surface area contributed by atoms with E-state index in [4.69, 9.17) is 4.74 Å². The molecule has 0 rings (SSSR count). The zero-order valence-electron chi connectivity index (χ0n) is 8.35. The average molecular weight is 190 g/mol. The lowest BCUT2D eigenvalue weighted by Gasteiger charge is -2.14. The summed E-state index contributed by atoms with van der Waals surface area (Å²) in [5.41, 5.74) is 0. The summed E-state index contributed by atoms with van der Waals surface area (Å²) in [6, 6.07) is 1.18. The van der Waals surface area contributed by atoms with Crippen molar-refractivity contribution in [2.75, 3.05) is 13.7 Å². The van der Waals surface area contributed by atoms with E-state index in [1.165, 1.54) is 13.2 Å². The first kappa shape index (κ1) is 11.5. The largest absolute Gasteiger partial charge is 0.507 e. The predicted molar refractivity (Wildman–Crippen MR) is 51.1 cm³/mol. The van der Waals surface area contributed by atoms with Gasteiger partial charge in [0.05, 0.1) is 13.7 Å². The highest BCUT2D eigenvalue weighted by Gasteiger charge is 2.12. The van der Waals surface area contributed by atoms with Gasteiger partial charge in [-0.3, -0.25) is 0 Å². The van der Waals surface area contributed by atoms with Gasteiger partial charge >= 0.3 is 6.16 Å². The third-order valence-electron chi connectivity index (χ3n) is 1.46. The number of hydrogen-bond acceptors (Lipinski definition) is 3. The monoisotopic (exact) mass is 190 g/mol. The predicted octanol–water partition coefficient (Wildman–Crippen LogP) is 2.50. The third-order valence-corrected chi connectivity index (χ3v) is 3.31. The molecule has 72 valence electrons. The molecule has 0 saturated carbocycles. The van der Waals surface area contributed by atoms with Crippen LogP contribution in [0.1, 0.15) is 6.42 Å². The van der Waals surface area contributed by atoms with Gasteiger partial charge in [-0.1, -0.05) is 25.7 Å². The smallest absolute Gasteiger partial charge is 0.438 e. The van der Waals surface area contributed by atoms with Crippen molar-refractivity contribution in [3.8, 4) is 0 Å². The molecule has 0 aliphatic rings. The first-order valence-electron chi connectivity index (χ1n) is 4.16. The number of rotatable bonds is 4. The fourth-order valence-electron chi connectivity index (χ4n) is 0.817. The van der Waals surface area contributed by atoms with E-state index < -0.39 is 14.2 Å². The first-order valence-corrected chi connectivity index (χ1v) is 7.87. The van der Waals surface area contributed by atoms with Crippen LogP contribution in [0.2, 0.25) is 25.7 Å². The van der Waals surface area contributed by atoms with Crippen molar-refractivity contribution in [2.45, 2.75) is 32.1 Å². The molecule has 0 N–H and O–H groups in total. The van der Waals surface area contributed by atoms with Crippen LogP contribution in [-0.2, 0) is 9.47 Å². The zero-order chi connectivity index (χ0) is 9.61. The van der Waals surface area contributed by atoms with Crippen LogP contribution >= 0.6 is 0 Å². The molecule has 0 heterocycles. The zero-order valence-corrected chi connectivity index (χ0v) is 9.35. The highest BCUT2D eigenvalue weighted by molar-refractivity contribution is 6.76. The lowest BCUT2D eigenvalue weighted by molar-refractivity contribution is 0.0728. The average Bonchev–Trinajstić information content (AvgIpc) is 1.96. The molecule has 0 spiro atoms. The van der Waals surface area contributed by atoms with E-state index in [-0.39, 0.29) is 0 Å². The Morgan fingerprint density at radius 1 is 1.33 bits per heavy atom. The van der Waals surface area contributed by atoms with E-state index in [0.717, 1.165) is 6.42 Å². The molecule has 0 radical (unpaired) electrons. The lowest BCUT2D eigenvalue weighted by atomic mass is 10.5. The van der Waals surface area contributed by atoms with Gasteiger partial charge in [0.15, 0.2) is 0 Å². The van der Waals surface area contributed by atoms with Gasteiger partial charge in [0.25, 0.3) is 0 Å². The Morgan fingerprint density at radius 3 is 2.33 bits per heavy atom. The van der Waals surface area contributed by atoms with E-state index in [9.17, 15) is 4.79 Å². The van der Waals surface area contributed by atoms with Crippen LogP contribution in [0.5, 0.6) is 0 Å². The summed E-state index contributed by atoms with van der Waals surface area (Å²) >= 11 is 0. The number of carbonyl (C=O) groups excluding carboxylic acids is 1. The number of carbonyl (C=O) groups is 1. The highest BCUT2D eigenvalue weighted by atomic mass is 28.3. The Labute approximate surface area is 75.1 Å². The molecule has 0 aliphatic carbocycles. The van der Waals surface area contributed by atoms with Gasteiger partial charge in [-0.15, -0.1) is 0 Å². The maximum atomic E-state index is 10.5. The minimum atomic E-state index is -0.972. The molecule has 0 aromatic carbocycles. The molecule has 0 fully saturated rings. The summed E-state index contributed by atoms with van der Waals surface area (Å²) in [6.07, 6.45) is 0.371. The van der Waals surface area contributed by atoms with Crippen molar-refractivity contribution in [1.82, 2.24) is 0 Å². The molecule has 0 aliphatic heterocycles. The van der Waals surface area contributed by atoms with Gasteiger partial charge in [-0.2, -0.15) is 0 Å². The molecule has 4 heteroatoms. The fraction of sp³-hybridized carbons (Fsp3) is 0.875. The van der Waals surface area contributed by atoms with Crippen LogP contribution in [0.15, 0.2) is 0 Å². The van der Waals surface area contributed by atoms with Crippen LogP contribution in [0, 0.1) is 0 Å². The third kappa shape index (κ3) is 7.59. The number of ether oxygens (including phenoxy) is 2. The van der Waals surface area contributed by atoms with Crippen molar-refractivity contribution in [1.29, 1.82) is 0 Å². The summed E-state index contributed by atoms with van der Waals surface area (Å²) in [5.74, 6) is 0. The van der Waals surface area contributed by atoms with Gasteiger partial charge in [-0.25, -0.2) is 4.79 Å². The van der Waals surface area contributed by atoms with Crippen molar-refractivity contribution in [2.24, 2.45) is 0 Å². The molecule has 0 bridgehead atoms. The Kier molecular flexibility index (Phi) is 4.97. The summed E-state index contributed by atoms with van der Waals surface area (Å²) in [5, 5.41) is 0. The van der Waals surface area contributed by atoms with Gasteiger partial charge in [-0.05, 0) is 6.42 Å². The summed E-state index contributed by atoms with van der Waals surface area (Å²) < 4.78 is 9.08. The fourth-order valence-corrected chi connectivity index (χ4v) is 2.02. The van der Waals surface area contributed by atoms with Crippen molar-refractivity contribution in [3.05, 3.63) is 0 Å². The molecular weight excluding hydrogens is 172 g/mol. The van der Waals surface area contributed by atoms with Gasteiger partial charge in [0.2, 0.25) is 0 Å². The topological polar surface area (TPSA) is 35.5 Å². The number of hydrogen-bond donors (Lipinski definition) is 0. The van der Waals surface area contributed by atoms with Crippen LogP contribution in [0.4, 0.5) is 4.79 Å². The summed E-state index contributed by atoms with van der Waals surface area (Å²) in [6.45, 7) is 7.37. The SMILES string of the molecule is COC(=O)OCCC[Si](C)(C)C. The van der Waals surface area contributed by atoms with Crippen molar-refractivity contribution in [3.63, 3.8) is 0 Å². The van der Waals surface area contributed by atoms with Crippen molar-refractivity contribution >= 4 is 14.2 Å². The molecule has 3 nitrogen and oxygen atoms in total. The Hall–Kier alpha value is -0.513. The minimum Gasteiger partial charge on any atom is -0.438 e. The van der Waals surface area contributed by atoms with Gasteiger partial charge < -0.3 is 9.47 Å². The Morgan fingerprint density at radius 2 is 1.92 bits per heavy atom. The van der Waals surface area contributed by atoms with Crippen molar-refractivity contribution < 1.29 is 14.3 Å². The first-order chi connectivity index (χ1) is 5.45. The normalized spacial score (nSPS) is 11.0. The molecule has 0 aromatic rings. The van der Waals surface area contributed by atoms with E-state index in [1.54, 1.807) is 0 Å². The summed E-state index contributed by atoms with van der Waals surface area (Å²) in [4.78, 5) is 10.5. The van der Waals surface area contributed by atoms with Crippen LogP contribution in [-0.4, -0.2) is 27.9 Å². The van der Waals surface area contributed by atoms with Crippen LogP contribution < -0.4 is 0 Å². The molecule has 0 unspecified atom stereocenters. The van der Waals surface area contributed by atoms with E-state index in [2.05, 4.69) is 24.4 Å². The molecular formula is C8H18O3Si. The van der Waals surface area contributed by atoms with Crippen LogP contribution in [0.25, 0.3) is 0 Å². The molecule has 0 saturated heterocycles. The van der Waals surface area contributed by atoms with Crippen LogP contribution in [0.3, 0.4) is 0 Å². The second kappa shape index (κ2) is 5.19. The maximum Gasteiger partial charge on any atom is 0.507 e. The standard InChI is InChI=1S/C8H18O3Si/c1-10-8(9)11-6-5-7-12(2,3)4/h5-7H2,1-4H3. The Bertz CT molecular complexity index is 140. The quantitative estimate of drug-likeness (QED) is 0.388. The van der Waals surface area contributed by atoms with Gasteiger partial charge in [0.1, 0.15) is 0 Å². The van der Waals surface area contributed by atoms with E-state index in [0.29, 0.717) is 6.61 Å². The molecule has 0 amide bonds. The molecule has 0 atom stereocenters. The molecule has 12 heavy (non-hydrogen) atoms. The lowest BCUT2D eigenvalue weighted by Crippen LogP contribution is -2.20. The highest BCUT2D eigenvalue weighted by Crippen LogP contribution is 2.10. The second-order valence-corrected chi connectivity index (χ2v) is 9.59. The maximum absolute atomic E-state index is 10.5.